The molecule has 0 aliphatic carbocycles. The van der Waals surface area contributed by atoms with Gasteiger partial charge in [-0.2, -0.15) is 0 Å². The van der Waals surface area contributed by atoms with Crippen LogP contribution in [0.2, 0.25) is 0 Å². The predicted octanol–water partition coefficient (Wildman–Crippen LogP) is 6.24. The Hall–Kier alpha value is -3.23. The molecule has 5 rings (SSSR count). The van der Waals surface area contributed by atoms with Crippen LogP contribution in [0.4, 0.5) is 8.78 Å². The number of hydrogen-bond donors (Lipinski definition) is 2. The van der Waals surface area contributed by atoms with E-state index in [1.54, 1.807) is 31.2 Å². The Morgan fingerprint density at radius 1 is 1.09 bits per heavy atom. The zero-order valence-corrected chi connectivity index (χ0v) is 18.6. The number of carboxylic acids is 1. The molecule has 5 nitrogen and oxygen atoms in total. The van der Waals surface area contributed by atoms with E-state index in [2.05, 4.69) is 0 Å². The highest BCUT2D eigenvalue weighted by Gasteiger charge is 2.31. The topological polar surface area (TPSA) is 71.7 Å². The van der Waals surface area contributed by atoms with Crippen molar-refractivity contribution in [2.45, 2.75) is 25.7 Å². The molecule has 0 radical (unpaired) electrons. The first-order valence-corrected chi connectivity index (χ1v) is 11.4. The van der Waals surface area contributed by atoms with Crippen LogP contribution in [0.1, 0.15) is 39.7 Å². The lowest BCUT2D eigenvalue weighted by atomic mass is 9.92. The van der Waals surface area contributed by atoms with Gasteiger partial charge in [-0.1, -0.05) is 0 Å². The molecule has 4 aromatic rings. The third-order valence-corrected chi connectivity index (χ3v) is 7.26. The van der Waals surface area contributed by atoms with Crippen molar-refractivity contribution in [3.05, 3.63) is 70.2 Å². The third-order valence-electron chi connectivity index (χ3n) is 6.17. The number of aryl methyl sites for hydroxylation is 1. The van der Waals surface area contributed by atoms with Crippen LogP contribution < -0.4 is 0 Å². The Labute approximate surface area is 192 Å². The molecule has 2 N–H and O–H groups in total. The van der Waals surface area contributed by atoms with Crippen LogP contribution in [0.15, 0.2) is 42.5 Å². The number of fused-ring (bicyclic) bond motifs is 1. The monoisotopic (exact) mass is 469 g/mol. The first-order valence-electron chi connectivity index (χ1n) is 10.6. The summed E-state index contributed by atoms with van der Waals surface area (Å²) in [5.41, 5.74) is 3.16. The van der Waals surface area contributed by atoms with Crippen molar-refractivity contribution >= 4 is 28.2 Å². The summed E-state index contributed by atoms with van der Waals surface area (Å²) in [6, 6.07) is 10.8. The second-order valence-electron chi connectivity index (χ2n) is 8.17. The van der Waals surface area contributed by atoms with Crippen molar-refractivity contribution in [1.29, 1.82) is 0 Å². The van der Waals surface area contributed by atoms with Gasteiger partial charge in [0.05, 0.1) is 10.9 Å². The van der Waals surface area contributed by atoms with Gasteiger partial charge in [0, 0.05) is 41.0 Å². The molecule has 1 aliphatic heterocycles. The fourth-order valence-corrected chi connectivity index (χ4v) is 5.50. The number of thiophene rings is 1. The smallest absolute Gasteiger partial charge is 0.345 e. The van der Waals surface area contributed by atoms with E-state index in [1.807, 2.05) is 4.57 Å². The van der Waals surface area contributed by atoms with Crippen LogP contribution in [0.5, 0.6) is 5.75 Å². The van der Waals surface area contributed by atoms with E-state index in [9.17, 15) is 23.8 Å². The summed E-state index contributed by atoms with van der Waals surface area (Å²) in [6.07, 6.45) is 1.42. The Balaban J connectivity index is 1.91. The van der Waals surface area contributed by atoms with Gasteiger partial charge >= 0.3 is 5.97 Å². The lowest BCUT2D eigenvalue weighted by molar-refractivity contribution is 0.0702. The van der Waals surface area contributed by atoms with Crippen molar-refractivity contribution < 1.29 is 28.5 Å². The minimum Gasteiger partial charge on any atom is -0.504 e. The van der Waals surface area contributed by atoms with E-state index in [1.165, 1.54) is 18.2 Å². The summed E-state index contributed by atoms with van der Waals surface area (Å²) >= 11 is 1.08. The van der Waals surface area contributed by atoms with E-state index in [4.69, 9.17) is 4.74 Å². The largest absolute Gasteiger partial charge is 0.504 e. The summed E-state index contributed by atoms with van der Waals surface area (Å²) in [6.45, 7) is 2.79. The van der Waals surface area contributed by atoms with Gasteiger partial charge in [-0.05, 0) is 67.8 Å². The Morgan fingerprint density at radius 3 is 2.48 bits per heavy atom. The summed E-state index contributed by atoms with van der Waals surface area (Å²) < 4.78 is 36.1. The number of halogens is 2. The zero-order valence-electron chi connectivity index (χ0n) is 17.8. The summed E-state index contributed by atoms with van der Waals surface area (Å²) in [7, 11) is 0. The molecule has 33 heavy (non-hydrogen) atoms. The molecule has 2 aromatic carbocycles. The van der Waals surface area contributed by atoms with Crippen LogP contribution in [-0.2, 0) is 4.74 Å². The van der Waals surface area contributed by atoms with E-state index in [-0.39, 0.29) is 16.6 Å². The molecule has 0 amide bonds. The van der Waals surface area contributed by atoms with Crippen molar-refractivity contribution in [3.8, 4) is 21.9 Å². The minimum atomic E-state index is -1.05. The Morgan fingerprint density at radius 2 is 1.82 bits per heavy atom. The number of aromatic hydroxyl groups is 1. The van der Waals surface area contributed by atoms with Crippen LogP contribution >= 0.6 is 11.3 Å². The molecule has 0 spiro atoms. The van der Waals surface area contributed by atoms with Crippen molar-refractivity contribution in [3.63, 3.8) is 0 Å². The van der Waals surface area contributed by atoms with Crippen LogP contribution in [0.3, 0.4) is 0 Å². The van der Waals surface area contributed by atoms with Gasteiger partial charge < -0.3 is 19.5 Å². The second kappa shape index (κ2) is 8.28. The number of phenolic OH excluding ortho intramolecular Hbond substituents is 1. The highest BCUT2D eigenvalue weighted by Crippen LogP contribution is 2.48. The predicted molar refractivity (Wildman–Crippen MR) is 123 cm³/mol. The highest BCUT2D eigenvalue weighted by atomic mass is 32.1. The van der Waals surface area contributed by atoms with Gasteiger partial charge in [0.15, 0.2) is 11.6 Å². The lowest BCUT2D eigenvalue weighted by Crippen LogP contribution is -2.17. The highest BCUT2D eigenvalue weighted by molar-refractivity contribution is 7.17. The molecule has 0 saturated carbocycles. The zero-order chi connectivity index (χ0) is 23.3. The van der Waals surface area contributed by atoms with Gasteiger partial charge in [-0.25, -0.2) is 13.6 Å². The molecule has 2 aromatic heterocycles. The van der Waals surface area contributed by atoms with Gasteiger partial charge in [-0.3, -0.25) is 0 Å². The number of aromatic nitrogens is 1. The Kier molecular flexibility index (Phi) is 5.42. The molecular weight excluding hydrogens is 448 g/mol. The van der Waals surface area contributed by atoms with Gasteiger partial charge in [0.2, 0.25) is 0 Å². The summed E-state index contributed by atoms with van der Waals surface area (Å²) in [5.74, 6) is -2.61. The number of hydrogen-bond acceptors (Lipinski definition) is 4. The number of carboxylic acid groups (broad SMARTS) is 1. The molecular formula is C25H21F2NO4S. The standard InChI is InChI=1S/C25H21F2NO4S/c1-13-12-15(2-3-16(13)26)28-18-5-4-17(27)24(29)21(18)22(19-6-7-20(33-19)25(30)31)23(28)14-8-10-32-11-9-14/h2-7,12,14,29H,8-11H2,1H3,(H,30,31). The van der Waals surface area contributed by atoms with Crippen molar-refractivity contribution in [1.82, 2.24) is 4.57 Å². The number of aromatic carboxylic acids is 1. The fourth-order valence-electron chi connectivity index (χ4n) is 4.60. The van der Waals surface area contributed by atoms with Gasteiger partial charge in [-0.15, -0.1) is 11.3 Å². The Bertz CT molecular complexity index is 1390. The maximum atomic E-state index is 14.6. The number of rotatable bonds is 4. The van der Waals surface area contributed by atoms with Crippen molar-refractivity contribution in [2.24, 2.45) is 0 Å². The molecule has 1 saturated heterocycles. The number of ether oxygens (including phenoxy) is 1. The number of phenols is 1. The lowest BCUT2D eigenvalue weighted by Gasteiger charge is -2.25. The van der Waals surface area contributed by atoms with Gasteiger partial charge in [0.25, 0.3) is 0 Å². The molecule has 0 atom stereocenters. The second-order valence-corrected chi connectivity index (χ2v) is 9.26. The maximum Gasteiger partial charge on any atom is 0.345 e. The van der Waals surface area contributed by atoms with Crippen LogP contribution in [0, 0.1) is 18.6 Å². The van der Waals surface area contributed by atoms with E-state index in [0.717, 1.165) is 17.0 Å². The normalized spacial score (nSPS) is 14.8. The average molecular weight is 470 g/mol. The average Bonchev–Trinajstić information content (AvgIpc) is 3.42. The molecule has 0 unspecified atom stereocenters. The SMILES string of the molecule is Cc1cc(-n2c(C3CCOCC3)c(-c3ccc(C(=O)O)s3)c3c(O)c(F)ccc32)ccc1F. The number of carbonyl (C=O) groups is 1. The summed E-state index contributed by atoms with van der Waals surface area (Å²) in [5, 5.41) is 20.6. The molecule has 3 heterocycles. The first-order chi connectivity index (χ1) is 15.9. The number of benzene rings is 2. The molecule has 1 aliphatic rings. The minimum absolute atomic E-state index is 0.0179. The fraction of sp³-hybridized carbons (Fsp3) is 0.240. The maximum absolute atomic E-state index is 14.6. The van der Waals surface area contributed by atoms with E-state index >= 15 is 0 Å². The molecule has 0 bridgehead atoms. The van der Waals surface area contributed by atoms with E-state index in [0.29, 0.717) is 58.6 Å². The third kappa shape index (κ3) is 3.59. The molecule has 1 fully saturated rings. The first kappa shape index (κ1) is 21.6. The van der Waals surface area contributed by atoms with Gasteiger partial charge in [0.1, 0.15) is 10.7 Å². The van der Waals surface area contributed by atoms with Crippen molar-refractivity contribution in [2.75, 3.05) is 13.2 Å². The van der Waals surface area contributed by atoms with E-state index < -0.39 is 17.5 Å². The van der Waals surface area contributed by atoms with Crippen LogP contribution in [-0.4, -0.2) is 34.0 Å². The summed E-state index contributed by atoms with van der Waals surface area (Å²) in [4.78, 5) is 12.3. The van der Waals surface area contributed by atoms with Crippen LogP contribution in [0.25, 0.3) is 27.0 Å². The molecule has 8 heteroatoms. The quantitative estimate of drug-likeness (QED) is 0.371. The number of nitrogens with zero attached hydrogens (tertiary/aromatic N) is 1. The molecule has 170 valence electrons.